The largest absolute Gasteiger partial charge is 0.464 e. The molecule has 3 aliphatic rings. The first kappa shape index (κ1) is 14.9. The maximum absolute atomic E-state index is 12.4. The molecular formula is C16H23NO3S. The number of hydrogen-bond donors (Lipinski definition) is 0. The molecule has 0 aromatic rings. The molecule has 4 nitrogen and oxygen atoms in total. The van der Waals surface area contributed by atoms with Crippen LogP contribution in [0.1, 0.15) is 39.5 Å². The number of hydrogen-bond acceptors (Lipinski definition) is 4. The van der Waals surface area contributed by atoms with Crippen molar-refractivity contribution in [3.63, 3.8) is 0 Å². The van der Waals surface area contributed by atoms with Gasteiger partial charge in [-0.25, -0.2) is 4.79 Å². The molecule has 116 valence electrons. The lowest BCUT2D eigenvalue weighted by Crippen LogP contribution is -2.47. The number of carbonyl (C=O) groups excluding carboxylic acids is 2. The summed E-state index contributed by atoms with van der Waals surface area (Å²) in [6.07, 6.45) is 7.80. The Morgan fingerprint density at radius 2 is 2.24 bits per heavy atom. The van der Waals surface area contributed by atoms with E-state index in [9.17, 15) is 9.59 Å². The smallest absolute Gasteiger partial charge is 0.329 e. The Kier molecular flexibility index (Phi) is 4.04. The van der Waals surface area contributed by atoms with E-state index in [0.717, 1.165) is 19.3 Å². The van der Waals surface area contributed by atoms with Gasteiger partial charge in [0.25, 0.3) is 0 Å². The average Bonchev–Trinajstić information content (AvgIpc) is 2.95. The minimum Gasteiger partial charge on any atom is -0.464 e. The highest BCUT2D eigenvalue weighted by Crippen LogP contribution is 2.47. The molecule has 1 amide bonds. The van der Waals surface area contributed by atoms with Gasteiger partial charge in [-0.3, -0.25) is 4.79 Å². The molecule has 0 unspecified atom stereocenters. The predicted octanol–water partition coefficient (Wildman–Crippen LogP) is 2.59. The van der Waals surface area contributed by atoms with Gasteiger partial charge in [0.15, 0.2) is 0 Å². The third kappa shape index (κ3) is 2.72. The Balaban J connectivity index is 1.59. The van der Waals surface area contributed by atoms with Crippen molar-refractivity contribution < 1.29 is 14.3 Å². The summed E-state index contributed by atoms with van der Waals surface area (Å²) in [7, 11) is 0. The minimum absolute atomic E-state index is 0.0958. The SMILES string of the molecule is C[C@@H]1CC=CC[C@@H]1COC(=O)[C@H]1CS[C@@]2(C)CCC(=O)N12. The van der Waals surface area contributed by atoms with Gasteiger partial charge in [0, 0.05) is 12.2 Å². The number of thioether (sulfide) groups is 1. The van der Waals surface area contributed by atoms with E-state index in [1.807, 2.05) is 0 Å². The molecule has 4 atom stereocenters. The lowest BCUT2D eigenvalue weighted by atomic mass is 9.85. The Hall–Kier alpha value is -0.970. The highest BCUT2D eigenvalue weighted by Gasteiger charge is 2.53. The number of carbonyl (C=O) groups is 2. The summed E-state index contributed by atoms with van der Waals surface area (Å²) in [6.45, 7) is 4.74. The summed E-state index contributed by atoms with van der Waals surface area (Å²) in [5.41, 5.74) is 0. The van der Waals surface area contributed by atoms with Crippen molar-refractivity contribution >= 4 is 23.6 Å². The molecular weight excluding hydrogens is 286 g/mol. The fraction of sp³-hybridized carbons (Fsp3) is 0.750. The van der Waals surface area contributed by atoms with Crippen molar-refractivity contribution in [1.82, 2.24) is 4.90 Å². The second-order valence-corrected chi connectivity index (χ2v) is 8.08. The standard InChI is InChI=1S/C16H23NO3S/c1-11-5-3-4-6-12(11)9-20-15(19)13-10-21-16(2)8-7-14(18)17(13)16/h3-4,11-13H,5-10H2,1-2H3/t11-,12-,13-,16+/m1/s1. The van der Waals surface area contributed by atoms with Crippen LogP contribution in [-0.4, -0.2) is 40.0 Å². The fourth-order valence-electron chi connectivity index (χ4n) is 3.52. The van der Waals surface area contributed by atoms with Gasteiger partial charge in [-0.2, -0.15) is 0 Å². The van der Waals surface area contributed by atoms with Gasteiger partial charge in [0.1, 0.15) is 6.04 Å². The number of fused-ring (bicyclic) bond motifs is 1. The number of esters is 1. The van der Waals surface area contributed by atoms with Crippen molar-refractivity contribution in [3.05, 3.63) is 12.2 Å². The normalized spacial score (nSPS) is 38.7. The monoisotopic (exact) mass is 309 g/mol. The lowest BCUT2D eigenvalue weighted by Gasteiger charge is -2.30. The Morgan fingerprint density at radius 1 is 1.48 bits per heavy atom. The molecule has 0 bridgehead atoms. The van der Waals surface area contributed by atoms with Crippen LogP contribution in [0.15, 0.2) is 12.2 Å². The number of allylic oxidation sites excluding steroid dienone is 2. The average molecular weight is 309 g/mol. The highest BCUT2D eigenvalue weighted by molar-refractivity contribution is 8.01. The lowest BCUT2D eigenvalue weighted by molar-refractivity contribution is -0.155. The van der Waals surface area contributed by atoms with Crippen LogP contribution in [0.4, 0.5) is 0 Å². The van der Waals surface area contributed by atoms with Crippen LogP contribution in [0.5, 0.6) is 0 Å². The number of nitrogens with zero attached hydrogens (tertiary/aromatic N) is 1. The summed E-state index contributed by atoms with van der Waals surface area (Å²) in [5, 5.41) is 0. The zero-order valence-corrected chi connectivity index (χ0v) is 13.5. The van der Waals surface area contributed by atoms with Gasteiger partial charge < -0.3 is 9.64 Å². The number of ether oxygens (including phenoxy) is 1. The number of rotatable bonds is 3. The zero-order chi connectivity index (χ0) is 15.0. The molecule has 0 saturated carbocycles. The van der Waals surface area contributed by atoms with E-state index in [2.05, 4.69) is 26.0 Å². The molecule has 2 fully saturated rings. The maximum Gasteiger partial charge on any atom is 0.329 e. The molecule has 2 aliphatic heterocycles. The molecule has 0 radical (unpaired) electrons. The second-order valence-electron chi connectivity index (χ2n) is 6.58. The van der Waals surface area contributed by atoms with E-state index in [0.29, 0.717) is 30.6 Å². The minimum atomic E-state index is -0.385. The van der Waals surface area contributed by atoms with Gasteiger partial charge in [0.05, 0.1) is 11.5 Å². The quantitative estimate of drug-likeness (QED) is 0.594. The molecule has 0 N–H and O–H groups in total. The van der Waals surface area contributed by atoms with Crippen molar-refractivity contribution in [3.8, 4) is 0 Å². The molecule has 0 aromatic heterocycles. The molecule has 2 saturated heterocycles. The van der Waals surface area contributed by atoms with Crippen LogP contribution < -0.4 is 0 Å². The van der Waals surface area contributed by atoms with Gasteiger partial charge in [0.2, 0.25) is 5.91 Å². The summed E-state index contributed by atoms with van der Waals surface area (Å²) >= 11 is 1.71. The second kappa shape index (κ2) is 5.67. The Morgan fingerprint density at radius 3 is 3.00 bits per heavy atom. The number of amides is 1. The zero-order valence-electron chi connectivity index (χ0n) is 12.7. The van der Waals surface area contributed by atoms with E-state index >= 15 is 0 Å². The van der Waals surface area contributed by atoms with Crippen molar-refractivity contribution in [2.24, 2.45) is 11.8 Å². The van der Waals surface area contributed by atoms with E-state index in [1.54, 1.807) is 16.7 Å². The molecule has 5 heteroatoms. The molecule has 3 rings (SSSR count). The first-order valence-corrected chi connectivity index (χ1v) is 8.77. The molecule has 0 spiro atoms. The van der Waals surface area contributed by atoms with E-state index in [1.165, 1.54) is 0 Å². The van der Waals surface area contributed by atoms with E-state index in [-0.39, 0.29) is 22.8 Å². The van der Waals surface area contributed by atoms with Crippen molar-refractivity contribution in [2.45, 2.75) is 50.4 Å². The third-order valence-electron chi connectivity index (χ3n) is 5.07. The van der Waals surface area contributed by atoms with Gasteiger partial charge in [-0.05, 0) is 38.0 Å². The molecule has 21 heavy (non-hydrogen) atoms. The van der Waals surface area contributed by atoms with Crippen LogP contribution in [0.3, 0.4) is 0 Å². The van der Waals surface area contributed by atoms with E-state index < -0.39 is 0 Å². The molecule has 1 aliphatic carbocycles. The Bertz CT molecular complexity index is 478. The van der Waals surface area contributed by atoms with Gasteiger partial charge in [-0.1, -0.05) is 19.1 Å². The fourth-order valence-corrected chi connectivity index (χ4v) is 4.94. The summed E-state index contributed by atoms with van der Waals surface area (Å²) in [6, 6.07) is -0.385. The third-order valence-corrected chi connectivity index (χ3v) is 6.58. The summed E-state index contributed by atoms with van der Waals surface area (Å²) < 4.78 is 5.56. The van der Waals surface area contributed by atoms with E-state index in [4.69, 9.17) is 4.74 Å². The predicted molar refractivity (Wildman–Crippen MR) is 82.7 cm³/mol. The van der Waals surface area contributed by atoms with Crippen LogP contribution >= 0.6 is 11.8 Å². The molecule has 2 heterocycles. The van der Waals surface area contributed by atoms with Gasteiger partial charge in [-0.15, -0.1) is 11.8 Å². The van der Waals surface area contributed by atoms with Gasteiger partial charge >= 0.3 is 5.97 Å². The highest BCUT2D eigenvalue weighted by atomic mass is 32.2. The van der Waals surface area contributed by atoms with Crippen LogP contribution in [-0.2, 0) is 14.3 Å². The van der Waals surface area contributed by atoms with Crippen LogP contribution in [0.2, 0.25) is 0 Å². The van der Waals surface area contributed by atoms with Crippen molar-refractivity contribution in [2.75, 3.05) is 12.4 Å². The van der Waals surface area contributed by atoms with Crippen LogP contribution in [0, 0.1) is 11.8 Å². The van der Waals surface area contributed by atoms with Crippen molar-refractivity contribution in [1.29, 1.82) is 0 Å². The topological polar surface area (TPSA) is 46.6 Å². The molecule has 0 aromatic carbocycles. The first-order valence-electron chi connectivity index (χ1n) is 7.79. The summed E-state index contributed by atoms with van der Waals surface area (Å²) in [5.74, 6) is 1.51. The summed E-state index contributed by atoms with van der Waals surface area (Å²) in [4.78, 5) is 26.0. The maximum atomic E-state index is 12.4. The Labute approximate surface area is 130 Å². The van der Waals surface area contributed by atoms with Crippen LogP contribution in [0.25, 0.3) is 0 Å². The first-order chi connectivity index (χ1) is 10.0.